The summed E-state index contributed by atoms with van der Waals surface area (Å²) in [5, 5.41) is 11.8. The lowest BCUT2D eigenvalue weighted by molar-refractivity contribution is -0.137. The second-order valence-electron chi connectivity index (χ2n) is 5.53. The number of hydrogen-bond acceptors (Lipinski definition) is 2. The smallest absolute Gasteiger partial charge is 0.303 e. The molecule has 114 valence electrons. The molecule has 0 saturated heterocycles. The molecule has 0 bridgehead atoms. The van der Waals surface area contributed by atoms with Gasteiger partial charge in [-0.15, -0.1) is 0 Å². The summed E-state index contributed by atoms with van der Waals surface area (Å²) in [6, 6.07) is 5.46. The van der Waals surface area contributed by atoms with Gasteiger partial charge in [-0.3, -0.25) is 9.59 Å². The zero-order chi connectivity index (χ0) is 15.2. The summed E-state index contributed by atoms with van der Waals surface area (Å²) in [6.07, 6.45) is 4.18. The number of carboxylic acids is 1. The Bertz CT molecular complexity index is 495. The number of rotatable bonds is 6. The molecule has 0 heterocycles. The Morgan fingerprint density at radius 3 is 2.43 bits per heavy atom. The number of halogens is 1. The van der Waals surface area contributed by atoms with E-state index in [1.807, 2.05) is 0 Å². The van der Waals surface area contributed by atoms with Gasteiger partial charge in [0.2, 0.25) is 5.91 Å². The van der Waals surface area contributed by atoms with E-state index in [1.165, 1.54) is 12.1 Å². The average Bonchev–Trinajstić information content (AvgIpc) is 2.98. The first kappa shape index (κ1) is 15.5. The van der Waals surface area contributed by atoms with Crippen LogP contribution in [0.5, 0.6) is 0 Å². The van der Waals surface area contributed by atoms with Gasteiger partial charge >= 0.3 is 5.97 Å². The Morgan fingerprint density at radius 2 is 1.86 bits per heavy atom. The van der Waals surface area contributed by atoms with E-state index in [0.29, 0.717) is 6.42 Å². The quantitative estimate of drug-likeness (QED) is 0.847. The van der Waals surface area contributed by atoms with Crippen molar-refractivity contribution in [1.29, 1.82) is 0 Å². The normalized spacial score (nSPS) is 16.6. The van der Waals surface area contributed by atoms with Crippen LogP contribution in [0.15, 0.2) is 24.3 Å². The number of aliphatic carboxylic acids is 1. The summed E-state index contributed by atoms with van der Waals surface area (Å²) in [5.41, 5.74) is 0.740. The molecule has 1 atom stereocenters. The van der Waals surface area contributed by atoms with E-state index in [9.17, 15) is 14.0 Å². The van der Waals surface area contributed by atoms with Crippen molar-refractivity contribution in [1.82, 2.24) is 5.32 Å². The molecule has 0 spiro atoms. The van der Waals surface area contributed by atoms with Crippen LogP contribution in [0.2, 0.25) is 0 Å². The molecule has 4 nitrogen and oxygen atoms in total. The second kappa shape index (κ2) is 7.20. The fourth-order valence-corrected chi connectivity index (χ4v) is 2.76. The van der Waals surface area contributed by atoms with Crippen LogP contribution in [-0.4, -0.2) is 17.0 Å². The number of benzene rings is 1. The van der Waals surface area contributed by atoms with E-state index in [0.717, 1.165) is 31.2 Å². The van der Waals surface area contributed by atoms with Gasteiger partial charge < -0.3 is 10.4 Å². The van der Waals surface area contributed by atoms with Gasteiger partial charge in [-0.25, -0.2) is 4.39 Å². The summed E-state index contributed by atoms with van der Waals surface area (Å²) in [5.74, 6) is -1.25. The largest absolute Gasteiger partial charge is 0.481 e. The summed E-state index contributed by atoms with van der Waals surface area (Å²) in [7, 11) is 0. The Balaban J connectivity index is 2.05. The molecular weight excluding hydrogens is 273 g/mol. The monoisotopic (exact) mass is 293 g/mol. The van der Waals surface area contributed by atoms with Crippen LogP contribution in [0.3, 0.4) is 0 Å². The van der Waals surface area contributed by atoms with Crippen LogP contribution in [0.4, 0.5) is 4.39 Å². The Hall–Kier alpha value is -1.91. The molecule has 1 aromatic carbocycles. The molecule has 21 heavy (non-hydrogen) atoms. The fraction of sp³-hybridized carbons (Fsp3) is 0.500. The minimum atomic E-state index is -0.905. The van der Waals surface area contributed by atoms with Crippen LogP contribution in [0.25, 0.3) is 0 Å². The lowest BCUT2D eigenvalue weighted by Gasteiger charge is -2.21. The van der Waals surface area contributed by atoms with Crippen molar-refractivity contribution < 1.29 is 19.1 Å². The highest BCUT2D eigenvalue weighted by molar-refractivity contribution is 5.79. The highest BCUT2D eigenvalue weighted by Crippen LogP contribution is 2.27. The molecule has 1 saturated carbocycles. The molecular formula is C16H20FNO3. The molecule has 1 aliphatic carbocycles. The molecule has 0 radical (unpaired) electrons. The second-order valence-corrected chi connectivity index (χ2v) is 5.53. The summed E-state index contributed by atoms with van der Waals surface area (Å²) < 4.78 is 13.0. The van der Waals surface area contributed by atoms with E-state index in [1.54, 1.807) is 12.1 Å². The minimum Gasteiger partial charge on any atom is -0.481 e. The van der Waals surface area contributed by atoms with Gasteiger partial charge in [-0.1, -0.05) is 25.0 Å². The van der Waals surface area contributed by atoms with Gasteiger partial charge in [0, 0.05) is 12.3 Å². The van der Waals surface area contributed by atoms with Crippen LogP contribution in [0.1, 0.15) is 50.1 Å². The molecule has 2 N–H and O–H groups in total. The van der Waals surface area contributed by atoms with E-state index >= 15 is 0 Å². The fourth-order valence-electron chi connectivity index (χ4n) is 2.76. The minimum absolute atomic E-state index is 0.0211. The van der Waals surface area contributed by atoms with Crippen LogP contribution in [0, 0.1) is 11.7 Å². The number of carbonyl (C=O) groups excluding carboxylic acids is 1. The summed E-state index contributed by atoms with van der Waals surface area (Å²) in [6.45, 7) is 0. The first-order chi connectivity index (χ1) is 10.1. The first-order valence-electron chi connectivity index (χ1n) is 7.34. The summed E-state index contributed by atoms with van der Waals surface area (Å²) >= 11 is 0. The Morgan fingerprint density at radius 1 is 1.24 bits per heavy atom. The molecule has 1 amide bonds. The van der Waals surface area contributed by atoms with Gasteiger partial charge in [0.1, 0.15) is 5.82 Å². The Kier molecular flexibility index (Phi) is 5.31. The maximum absolute atomic E-state index is 13.0. The molecule has 1 fully saturated rings. The van der Waals surface area contributed by atoms with Crippen molar-refractivity contribution in [2.24, 2.45) is 5.92 Å². The lowest BCUT2D eigenvalue weighted by Crippen LogP contribution is -2.33. The highest BCUT2D eigenvalue weighted by atomic mass is 19.1. The topological polar surface area (TPSA) is 66.4 Å². The number of nitrogens with one attached hydrogen (secondary N) is 1. The van der Waals surface area contributed by atoms with Crippen molar-refractivity contribution in [2.45, 2.75) is 44.6 Å². The molecule has 5 heteroatoms. The summed E-state index contributed by atoms with van der Waals surface area (Å²) in [4.78, 5) is 23.0. The van der Waals surface area contributed by atoms with Crippen LogP contribution in [-0.2, 0) is 9.59 Å². The maximum Gasteiger partial charge on any atom is 0.303 e. The van der Waals surface area contributed by atoms with Gasteiger partial charge in [-0.2, -0.15) is 0 Å². The van der Waals surface area contributed by atoms with E-state index in [2.05, 4.69) is 5.32 Å². The Labute approximate surface area is 123 Å². The van der Waals surface area contributed by atoms with Crippen molar-refractivity contribution in [3.63, 3.8) is 0 Å². The number of carboxylic acid groups (broad SMARTS) is 1. The molecule has 1 aromatic rings. The number of carbonyl (C=O) groups is 2. The third-order valence-corrected chi connectivity index (χ3v) is 3.96. The zero-order valence-electron chi connectivity index (χ0n) is 11.8. The standard InChI is InChI=1S/C16H20FNO3/c17-13-7-5-11(6-8-13)14(9-10-15(19)20)18-16(21)12-3-1-2-4-12/h5-8,12,14H,1-4,9-10H2,(H,18,21)(H,19,20). The van der Waals surface area contributed by atoms with Crippen molar-refractivity contribution in [3.05, 3.63) is 35.6 Å². The van der Waals surface area contributed by atoms with E-state index in [-0.39, 0.29) is 30.1 Å². The van der Waals surface area contributed by atoms with Gasteiger partial charge in [0.15, 0.2) is 0 Å². The lowest BCUT2D eigenvalue weighted by atomic mass is 10.00. The third kappa shape index (κ3) is 4.55. The number of amides is 1. The first-order valence-corrected chi connectivity index (χ1v) is 7.34. The van der Waals surface area contributed by atoms with Gasteiger partial charge in [0.05, 0.1) is 6.04 Å². The molecule has 2 rings (SSSR count). The molecule has 1 unspecified atom stereocenters. The van der Waals surface area contributed by atoms with Crippen molar-refractivity contribution >= 4 is 11.9 Å². The van der Waals surface area contributed by atoms with Crippen LogP contribution < -0.4 is 5.32 Å². The van der Waals surface area contributed by atoms with Crippen LogP contribution >= 0.6 is 0 Å². The maximum atomic E-state index is 13.0. The van der Waals surface area contributed by atoms with E-state index < -0.39 is 5.97 Å². The molecule has 0 aliphatic heterocycles. The van der Waals surface area contributed by atoms with Gasteiger partial charge in [-0.05, 0) is 37.0 Å². The number of hydrogen-bond donors (Lipinski definition) is 2. The van der Waals surface area contributed by atoms with E-state index in [4.69, 9.17) is 5.11 Å². The average molecular weight is 293 g/mol. The predicted octanol–water partition coefficient (Wildman–Crippen LogP) is 3.04. The van der Waals surface area contributed by atoms with Gasteiger partial charge in [0.25, 0.3) is 0 Å². The molecule has 0 aromatic heterocycles. The zero-order valence-corrected chi connectivity index (χ0v) is 11.8. The third-order valence-electron chi connectivity index (χ3n) is 3.96. The molecule has 1 aliphatic rings. The SMILES string of the molecule is O=C(O)CCC(NC(=O)C1CCCC1)c1ccc(F)cc1. The van der Waals surface area contributed by atoms with Crippen molar-refractivity contribution in [2.75, 3.05) is 0 Å². The highest BCUT2D eigenvalue weighted by Gasteiger charge is 2.25. The predicted molar refractivity (Wildman–Crippen MR) is 76.1 cm³/mol. The van der Waals surface area contributed by atoms with Crippen molar-refractivity contribution in [3.8, 4) is 0 Å².